The van der Waals surface area contributed by atoms with Gasteiger partial charge in [-0.3, -0.25) is 0 Å². The molecule has 26 heavy (non-hydrogen) atoms. The third kappa shape index (κ3) is 2.85. The summed E-state index contributed by atoms with van der Waals surface area (Å²) in [6, 6.07) is 16.7. The third-order valence-electron chi connectivity index (χ3n) is 6.90. The Morgan fingerprint density at radius 1 is 1.00 bits per heavy atom. The first kappa shape index (κ1) is 16.4. The molecule has 1 saturated carbocycles. The van der Waals surface area contributed by atoms with Crippen molar-refractivity contribution in [3.8, 4) is 16.9 Å². The molecule has 1 spiro atoms. The van der Waals surface area contributed by atoms with Gasteiger partial charge in [-0.1, -0.05) is 43.7 Å². The molecule has 2 aromatic carbocycles. The van der Waals surface area contributed by atoms with Gasteiger partial charge in [-0.2, -0.15) is 0 Å². The summed E-state index contributed by atoms with van der Waals surface area (Å²) in [5.41, 5.74) is 5.49. The van der Waals surface area contributed by atoms with Crippen molar-refractivity contribution in [1.82, 2.24) is 4.90 Å². The fourth-order valence-corrected chi connectivity index (χ4v) is 4.87. The fraction of sp³-hybridized carbons (Fsp3) is 0.500. The summed E-state index contributed by atoms with van der Waals surface area (Å²) in [4.78, 5) is 2.71. The van der Waals surface area contributed by atoms with Crippen LogP contribution < -0.4 is 4.74 Å². The van der Waals surface area contributed by atoms with E-state index in [1.54, 1.807) is 0 Å². The molecule has 0 bridgehead atoms. The van der Waals surface area contributed by atoms with Crippen molar-refractivity contribution in [3.05, 3.63) is 53.6 Å². The van der Waals surface area contributed by atoms with Gasteiger partial charge in [0.25, 0.3) is 0 Å². The molecule has 0 unspecified atom stereocenters. The Bertz CT molecular complexity index is 782. The van der Waals surface area contributed by atoms with Crippen molar-refractivity contribution in [2.75, 3.05) is 13.1 Å². The van der Waals surface area contributed by atoms with Gasteiger partial charge in [-0.25, -0.2) is 0 Å². The lowest BCUT2D eigenvalue weighted by Gasteiger charge is -2.45. The molecule has 0 N–H and O–H groups in total. The lowest BCUT2D eigenvalue weighted by atomic mass is 9.83. The van der Waals surface area contributed by atoms with E-state index in [9.17, 15) is 0 Å². The van der Waals surface area contributed by atoms with E-state index in [2.05, 4.69) is 54.3 Å². The molecule has 5 rings (SSSR count). The van der Waals surface area contributed by atoms with Gasteiger partial charge >= 0.3 is 0 Å². The predicted octanol–water partition coefficient (Wildman–Crippen LogP) is 5.24. The Labute approximate surface area is 157 Å². The highest BCUT2D eigenvalue weighted by Gasteiger charge is 2.43. The van der Waals surface area contributed by atoms with Crippen molar-refractivity contribution in [3.63, 3.8) is 0 Å². The second-order valence-corrected chi connectivity index (χ2v) is 8.46. The Morgan fingerprint density at radius 3 is 2.38 bits per heavy atom. The van der Waals surface area contributed by atoms with Crippen LogP contribution in [-0.2, 0) is 12.8 Å². The highest BCUT2D eigenvalue weighted by molar-refractivity contribution is 5.66. The average molecular weight is 348 g/mol. The predicted molar refractivity (Wildman–Crippen MR) is 107 cm³/mol. The minimum atomic E-state index is 0.0628. The van der Waals surface area contributed by atoms with Crippen molar-refractivity contribution < 1.29 is 4.74 Å². The summed E-state index contributed by atoms with van der Waals surface area (Å²) in [6.07, 6.45) is 8.79. The quantitative estimate of drug-likeness (QED) is 0.753. The molecule has 3 aliphatic rings. The Morgan fingerprint density at radius 2 is 1.73 bits per heavy atom. The topological polar surface area (TPSA) is 12.5 Å². The molecule has 0 aromatic heterocycles. The van der Waals surface area contributed by atoms with Crippen LogP contribution in [0.5, 0.6) is 5.75 Å². The van der Waals surface area contributed by atoms with Gasteiger partial charge in [0.05, 0.1) is 0 Å². The number of benzene rings is 2. The second-order valence-electron chi connectivity index (χ2n) is 8.46. The van der Waals surface area contributed by atoms with Gasteiger partial charge in [0.1, 0.15) is 11.4 Å². The first-order valence-corrected chi connectivity index (χ1v) is 10.4. The minimum Gasteiger partial charge on any atom is -0.487 e. The van der Waals surface area contributed by atoms with Crippen molar-refractivity contribution in [2.24, 2.45) is 0 Å². The van der Waals surface area contributed by atoms with E-state index in [1.165, 1.54) is 67.4 Å². The molecule has 136 valence electrons. The van der Waals surface area contributed by atoms with Crippen LogP contribution in [0.1, 0.15) is 50.2 Å². The number of hydrogen-bond donors (Lipinski definition) is 0. The van der Waals surface area contributed by atoms with E-state index in [1.807, 2.05) is 0 Å². The Balaban J connectivity index is 1.32. The van der Waals surface area contributed by atoms with Crippen LogP contribution in [0.15, 0.2) is 42.5 Å². The van der Waals surface area contributed by atoms with Crippen LogP contribution in [0.4, 0.5) is 0 Å². The zero-order chi connectivity index (χ0) is 17.6. The molecule has 0 radical (unpaired) electrons. The van der Waals surface area contributed by atoms with Gasteiger partial charge in [0.2, 0.25) is 0 Å². The third-order valence-corrected chi connectivity index (χ3v) is 6.90. The summed E-state index contributed by atoms with van der Waals surface area (Å²) in [5.74, 6) is 1.12. The van der Waals surface area contributed by atoms with Gasteiger partial charge in [-0.05, 0) is 53.6 Å². The fourth-order valence-electron chi connectivity index (χ4n) is 4.87. The standard InChI is InChI=1S/C24H29NO/c1-2-18-6-8-19(9-7-18)20-10-11-23-21(16-20)17-24(26-23)12-14-25(15-13-24)22-4-3-5-22/h6-11,16,22H,2-5,12-15,17H2,1H3. The Kier molecular flexibility index (Phi) is 4.04. The average Bonchev–Trinajstić information content (AvgIpc) is 2.99. The summed E-state index contributed by atoms with van der Waals surface area (Å²) in [5, 5.41) is 0. The monoisotopic (exact) mass is 347 g/mol. The van der Waals surface area contributed by atoms with Crippen LogP contribution in [0.25, 0.3) is 11.1 Å². The highest BCUT2D eigenvalue weighted by atomic mass is 16.5. The molecule has 2 nitrogen and oxygen atoms in total. The maximum absolute atomic E-state index is 6.52. The van der Waals surface area contributed by atoms with Gasteiger partial charge < -0.3 is 9.64 Å². The van der Waals surface area contributed by atoms with Crippen LogP contribution in [-0.4, -0.2) is 29.6 Å². The summed E-state index contributed by atoms with van der Waals surface area (Å²) in [6.45, 7) is 4.63. The molecule has 2 aliphatic heterocycles. The normalized spacial score (nSPS) is 22.0. The summed E-state index contributed by atoms with van der Waals surface area (Å²) >= 11 is 0. The van der Waals surface area contributed by atoms with Gasteiger partial charge in [-0.15, -0.1) is 0 Å². The maximum Gasteiger partial charge on any atom is 0.123 e. The van der Waals surface area contributed by atoms with Crippen molar-refractivity contribution >= 4 is 0 Å². The first-order valence-electron chi connectivity index (χ1n) is 10.4. The lowest BCUT2D eigenvalue weighted by molar-refractivity contribution is -0.00746. The largest absolute Gasteiger partial charge is 0.487 e. The molecular weight excluding hydrogens is 318 g/mol. The molecule has 2 heteroatoms. The number of likely N-dealkylation sites (tertiary alicyclic amines) is 1. The zero-order valence-corrected chi connectivity index (χ0v) is 15.8. The summed E-state index contributed by atoms with van der Waals surface area (Å²) in [7, 11) is 0. The molecule has 1 saturated heterocycles. The number of piperidine rings is 1. The van der Waals surface area contributed by atoms with E-state index in [0.717, 1.165) is 24.6 Å². The van der Waals surface area contributed by atoms with Crippen molar-refractivity contribution in [1.29, 1.82) is 0 Å². The molecular formula is C24H29NO. The van der Waals surface area contributed by atoms with E-state index in [0.29, 0.717) is 0 Å². The number of nitrogens with zero attached hydrogens (tertiary/aromatic N) is 1. The SMILES string of the molecule is CCc1ccc(-c2ccc3c(c2)CC2(CCN(C4CCC4)CC2)O3)cc1. The van der Waals surface area contributed by atoms with E-state index < -0.39 is 0 Å². The first-order chi connectivity index (χ1) is 12.7. The molecule has 0 amide bonds. The van der Waals surface area contributed by atoms with E-state index in [4.69, 9.17) is 4.74 Å². The van der Waals surface area contributed by atoms with E-state index >= 15 is 0 Å². The maximum atomic E-state index is 6.52. The molecule has 1 aliphatic carbocycles. The second kappa shape index (κ2) is 6.42. The Hall–Kier alpha value is -1.80. The minimum absolute atomic E-state index is 0.0628. The van der Waals surface area contributed by atoms with Crippen LogP contribution in [0.2, 0.25) is 0 Å². The number of aryl methyl sites for hydroxylation is 1. The van der Waals surface area contributed by atoms with E-state index in [-0.39, 0.29) is 5.60 Å². The van der Waals surface area contributed by atoms with Crippen LogP contribution >= 0.6 is 0 Å². The number of rotatable bonds is 3. The summed E-state index contributed by atoms with van der Waals surface area (Å²) < 4.78 is 6.52. The molecule has 0 atom stereocenters. The number of ether oxygens (including phenoxy) is 1. The van der Waals surface area contributed by atoms with Gasteiger partial charge in [0.15, 0.2) is 0 Å². The van der Waals surface area contributed by atoms with Gasteiger partial charge in [0, 0.05) is 38.4 Å². The van der Waals surface area contributed by atoms with Crippen molar-refractivity contribution in [2.45, 2.75) is 63.5 Å². The lowest BCUT2D eigenvalue weighted by Crippen LogP contribution is -2.52. The molecule has 2 aromatic rings. The van der Waals surface area contributed by atoms with Crippen LogP contribution in [0, 0.1) is 0 Å². The molecule has 2 fully saturated rings. The zero-order valence-electron chi connectivity index (χ0n) is 15.8. The number of hydrogen-bond acceptors (Lipinski definition) is 2. The van der Waals surface area contributed by atoms with Crippen LogP contribution in [0.3, 0.4) is 0 Å². The highest BCUT2D eigenvalue weighted by Crippen LogP contribution is 2.43. The number of fused-ring (bicyclic) bond motifs is 1. The smallest absolute Gasteiger partial charge is 0.123 e. The molecule has 2 heterocycles.